The molecule has 1 saturated heterocycles. The third kappa shape index (κ3) is 5.99. The monoisotopic (exact) mass is 380 g/mol. The molecule has 146 valence electrons. The lowest BCUT2D eigenvalue weighted by Gasteiger charge is -2.25. The minimum atomic E-state index is -3.36. The number of hydrogen-bond acceptors (Lipinski definition) is 3. The predicted octanol–water partition coefficient (Wildman–Crippen LogP) is 2.72. The van der Waals surface area contributed by atoms with E-state index in [1.807, 2.05) is 19.1 Å². The Hall–Kier alpha value is -1.60. The number of nitrogens with one attached hydrogen (secondary N) is 2. The summed E-state index contributed by atoms with van der Waals surface area (Å²) in [7, 11) is -3.36. The zero-order valence-electron chi connectivity index (χ0n) is 16.0. The van der Waals surface area contributed by atoms with Gasteiger partial charge in [-0.2, -0.15) is 4.31 Å². The van der Waals surface area contributed by atoms with E-state index in [1.54, 1.807) is 16.4 Å². The average molecular weight is 381 g/mol. The van der Waals surface area contributed by atoms with Gasteiger partial charge in [-0.1, -0.05) is 31.9 Å². The Balaban J connectivity index is 2.00. The van der Waals surface area contributed by atoms with Gasteiger partial charge in [0.05, 0.1) is 11.4 Å². The Bertz CT molecular complexity index is 665. The van der Waals surface area contributed by atoms with Crippen LogP contribution in [0.1, 0.15) is 51.5 Å². The van der Waals surface area contributed by atoms with E-state index in [0.717, 1.165) is 56.7 Å². The van der Waals surface area contributed by atoms with Gasteiger partial charge in [0.15, 0.2) is 5.96 Å². The maximum absolute atomic E-state index is 12.7. The molecule has 0 spiro atoms. The molecule has 0 amide bonds. The van der Waals surface area contributed by atoms with Gasteiger partial charge in [0.1, 0.15) is 0 Å². The van der Waals surface area contributed by atoms with Crippen LogP contribution >= 0.6 is 0 Å². The van der Waals surface area contributed by atoms with Crippen molar-refractivity contribution in [3.05, 3.63) is 29.8 Å². The topological polar surface area (TPSA) is 73.8 Å². The Labute approximate surface area is 158 Å². The molecule has 1 aromatic carbocycles. The molecule has 1 aromatic rings. The van der Waals surface area contributed by atoms with Crippen LogP contribution in [0.2, 0.25) is 0 Å². The second kappa shape index (κ2) is 10.5. The van der Waals surface area contributed by atoms with Crippen molar-refractivity contribution in [2.75, 3.05) is 26.2 Å². The van der Waals surface area contributed by atoms with E-state index in [9.17, 15) is 8.42 Å². The largest absolute Gasteiger partial charge is 0.357 e. The molecule has 26 heavy (non-hydrogen) atoms. The van der Waals surface area contributed by atoms with Gasteiger partial charge in [0.25, 0.3) is 0 Å². The van der Waals surface area contributed by atoms with Crippen molar-refractivity contribution >= 4 is 16.0 Å². The van der Waals surface area contributed by atoms with E-state index >= 15 is 0 Å². The molecule has 1 fully saturated rings. The second-order valence-electron chi connectivity index (χ2n) is 6.58. The summed E-state index contributed by atoms with van der Waals surface area (Å²) in [6, 6.07) is 7.12. The first-order valence-electron chi connectivity index (χ1n) is 9.69. The van der Waals surface area contributed by atoms with Gasteiger partial charge in [0.2, 0.25) is 10.0 Å². The molecule has 0 unspecified atom stereocenters. The molecule has 0 bridgehead atoms. The van der Waals surface area contributed by atoms with E-state index in [4.69, 9.17) is 0 Å². The van der Waals surface area contributed by atoms with Crippen LogP contribution in [0.5, 0.6) is 0 Å². The molecule has 7 heteroatoms. The van der Waals surface area contributed by atoms with E-state index in [2.05, 4.69) is 22.5 Å². The summed E-state index contributed by atoms with van der Waals surface area (Å²) in [4.78, 5) is 4.95. The van der Waals surface area contributed by atoms with Crippen molar-refractivity contribution in [2.24, 2.45) is 4.99 Å². The zero-order chi connectivity index (χ0) is 18.8. The minimum absolute atomic E-state index is 0.375. The number of hydrogen-bond donors (Lipinski definition) is 2. The summed E-state index contributed by atoms with van der Waals surface area (Å²) in [6.07, 6.45) is 5.25. The molecular formula is C19H32N4O2S. The number of benzene rings is 1. The summed E-state index contributed by atoms with van der Waals surface area (Å²) >= 11 is 0. The first-order chi connectivity index (χ1) is 12.6. The highest BCUT2D eigenvalue weighted by molar-refractivity contribution is 7.89. The standard InChI is InChI=1S/C19H32N4O2S/c1-3-5-13-21-19(20-4-2)22-16-17-9-11-18(12-10-17)26(24,25)23-14-7-6-8-15-23/h9-12H,3-8,13-16H2,1-2H3,(H2,20,21,22). The van der Waals surface area contributed by atoms with Crippen molar-refractivity contribution in [2.45, 2.75) is 57.4 Å². The van der Waals surface area contributed by atoms with E-state index in [0.29, 0.717) is 24.5 Å². The highest BCUT2D eigenvalue weighted by Crippen LogP contribution is 2.21. The van der Waals surface area contributed by atoms with Crippen LogP contribution in [0.25, 0.3) is 0 Å². The molecule has 1 aliphatic rings. The first kappa shape index (κ1) is 20.7. The fraction of sp³-hybridized carbons (Fsp3) is 0.632. The van der Waals surface area contributed by atoms with Crippen LogP contribution in [0.4, 0.5) is 0 Å². The normalized spacial score (nSPS) is 16.5. The van der Waals surface area contributed by atoms with Gasteiger partial charge < -0.3 is 10.6 Å². The van der Waals surface area contributed by atoms with Crippen molar-refractivity contribution in [3.63, 3.8) is 0 Å². The van der Waals surface area contributed by atoms with Crippen LogP contribution < -0.4 is 10.6 Å². The number of unbranched alkanes of at least 4 members (excludes halogenated alkanes) is 1. The van der Waals surface area contributed by atoms with Gasteiger partial charge in [-0.25, -0.2) is 13.4 Å². The van der Waals surface area contributed by atoms with Crippen LogP contribution in [0.15, 0.2) is 34.2 Å². The number of nitrogens with zero attached hydrogens (tertiary/aromatic N) is 2. The van der Waals surface area contributed by atoms with Crippen molar-refractivity contribution in [1.29, 1.82) is 0 Å². The molecule has 0 radical (unpaired) electrons. The molecule has 2 N–H and O–H groups in total. The lowest BCUT2D eigenvalue weighted by molar-refractivity contribution is 0.346. The number of aliphatic imine (C=N–C) groups is 1. The zero-order valence-corrected chi connectivity index (χ0v) is 16.8. The summed E-state index contributed by atoms with van der Waals surface area (Å²) < 4.78 is 27.0. The molecular weight excluding hydrogens is 348 g/mol. The van der Waals surface area contributed by atoms with E-state index < -0.39 is 10.0 Å². The molecule has 1 heterocycles. The van der Waals surface area contributed by atoms with Gasteiger partial charge in [-0.3, -0.25) is 0 Å². The first-order valence-corrected chi connectivity index (χ1v) is 11.1. The molecule has 1 aliphatic heterocycles. The average Bonchev–Trinajstić information content (AvgIpc) is 2.67. The van der Waals surface area contributed by atoms with Crippen molar-refractivity contribution < 1.29 is 8.42 Å². The van der Waals surface area contributed by atoms with Crippen LogP contribution in [-0.2, 0) is 16.6 Å². The van der Waals surface area contributed by atoms with Gasteiger partial charge in [0, 0.05) is 26.2 Å². The van der Waals surface area contributed by atoms with Crippen LogP contribution in [0.3, 0.4) is 0 Å². The third-order valence-corrected chi connectivity index (χ3v) is 6.38. The highest BCUT2D eigenvalue weighted by Gasteiger charge is 2.25. The van der Waals surface area contributed by atoms with Crippen LogP contribution in [0, 0.1) is 0 Å². The highest BCUT2D eigenvalue weighted by atomic mass is 32.2. The van der Waals surface area contributed by atoms with Gasteiger partial charge >= 0.3 is 0 Å². The smallest absolute Gasteiger partial charge is 0.243 e. The summed E-state index contributed by atoms with van der Waals surface area (Å²) in [6.45, 7) is 7.68. The molecule has 0 saturated carbocycles. The third-order valence-electron chi connectivity index (χ3n) is 4.46. The number of piperidine rings is 1. The summed E-state index contributed by atoms with van der Waals surface area (Å²) in [5.41, 5.74) is 0.996. The maximum Gasteiger partial charge on any atom is 0.243 e. The van der Waals surface area contributed by atoms with E-state index in [-0.39, 0.29) is 0 Å². The fourth-order valence-corrected chi connectivity index (χ4v) is 4.43. The molecule has 0 aliphatic carbocycles. The number of rotatable bonds is 8. The quantitative estimate of drug-likeness (QED) is 0.413. The van der Waals surface area contributed by atoms with E-state index in [1.165, 1.54) is 0 Å². The molecule has 6 nitrogen and oxygen atoms in total. The van der Waals surface area contributed by atoms with Crippen LogP contribution in [-0.4, -0.2) is 44.9 Å². The van der Waals surface area contributed by atoms with Gasteiger partial charge in [-0.15, -0.1) is 0 Å². The fourth-order valence-electron chi connectivity index (χ4n) is 2.92. The Morgan fingerprint density at radius 2 is 1.77 bits per heavy atom. The second-order valence-corrected chi connectivity index (χ2v) is 8.52. The Kier molecular flexibility index (Phi) is 8.38. The molecule has 2 rings (SSSR count). The lowest BCUT2D eigenvalue weighted by Crippen LogP contribution is -2.37. The number of guanidine groups is 1. The van der Waals surface area contributed by atoms with Crippen molar-refractivity contribution in [1.82, 2.24) is 14.9 Å². The Morgan fingerprint density at radius 1 is 1.08 bits per heavy atom. The lowest BCUT2D eigenvalue weighted by atomic mass is 10.2. The SMILES string of the molecule is CCCCNC(=NCc1ccc(S(=O)(=O)N2CCCCC2)cc1)NCC. The maximum atomic E-state index is 12.7. The predicted molar refractivity (Wildman–Crippen MR) is 107 cm³/mol. The summed E-state index contributed by atoms with van der Waals surface area (Å²) in [5.74, 6) is 0.797. The van der Waals surface area contributed by atoms with Crippen molar-refractivity contribution in [3.8, 4) is 0 Å². The molecule has 0 aromatic heterocycles. The molecule has 0 atom stereocenters. The Morgan fingerprint density at radius 3 is 2.38 bits per heavy atom. The van der Waals surface area contributed by atoms with Gasteiger partial charge in [-0.05, 0) is 43.9 Å². The minimum Gasteiger partial charge on any atom is -0.357 e. The summed E-state index contributed by atoms with van der Waals surface area (Å²) in [5, 5.41) is 6.53. The number of sulfonamides is 1.